The molecule has 1 heterocycles. The Kier molecular flexibility index (Phi) is 5.28. The SMILES string of the molecule is COc1cc([C@@H](C2CCCC2)N2CCNCC2)cc(OC)c1O. The molecule has 0 amide bonds. The molecule has 0 unspecified atom stereocenters. The van der Waals surface area contributed by atoms with Gasteiger partial charge in [0.1, 0.15) is 0 Å². The van der Waals surface area contributed by atoms with E-state index < -0.39 is 0 Å². The van der Waals surface area contributed by atoms with E-state index in [4.69, 9.17) is 9.47 Å². The van der Waals surface area contributed by atoms with Gasteiger partial charge in [0.25, 0.3) is 0 Å². The second-order valence-electron chi connectivity index (χ2n) is 6.55. The number of ether oxygens (including phenoxy) is 2. The molecule has 0 radical (unpaired) electrons. The van der Waals surface area contributed by atoms with Crippen LogP contribution in [0.4, 0.5) is 0 Å². The van der Waals surface area contributed by atoms with Gasteiger partial charge in [-0.05, 0) is 36.5 Å². The van der Waals surface area contributed by atoms with E-state index in [9.17, 15) is 5.11 Å². The van der Waals surface area contributed by atoms with Crippen LogP contribution in [-0.4, -0.2) is 50.4 Å². The molecule has 3 rings (SSSR count). The maximum Gasteiger partial charge on any atom is 0.200 e. The molecule has 1 aliphatic heterocycles. The Morgan fingerprint density at radius 1 is 1.09 bits per heavy atom. The molecule has 128 valence electrons. The largest absolute Gasteiger partial charge is 0.502 e. The van der Waals surface area contributed by atoms with E-state index in [1.165, 1.54) is 31.2 Å². The first-order valence-corrected chi connectivity index (χ1v) is 8.64. The zero-order valence-electron chi connectivity index (χ0n) is 14.2. The molecule has 1 aromatic rings. The van der Waals surface area contributed by atoms with Crippen LogP contribution >= 0.6 is 0 Å². The van der Waals surface area contributed by atoms with E-state index in [-0.39, 0.29) is 5.75 Å². The topological polar surface area (TPSA) is 54.0 Å². The van der Waals surface area contributed by atoms with Crippen LogP contribution in [0.3, 0.4) is 0 Å². The predicted molar refractivity (Wildman–Crippen MR) is 90.4 cm³/mol. The lowest BCUT2D eigenvalue weighted by molar-refractivity contribution is 0.125. The normalized spacial score (nSPS) is 21.3. The Morgan fingerprint density at radius 2 is 1.65 bits per heavy atom. The van der Waals surface area contributed by atoms with Crippen LogP contribution in [0.2, 0.25) is 0 Å². The highest BCUT2D eigenvalue weighted by atomic mass is 16.5. The molecule has 0 bridgehead atoms. The van der Waals surface area contributed by atoms with Gasteiger partial charge in [0.2, 0.25) is 5.75 Å². The van der Waals surface area contributed by atoms with Gasteiger partial charge in [0.15, 0.2) is 11.5 Å². The van der Waals surface area contributed by atoms with Crippen LogP contribution in [0, 0.1) is 5.92 Å². The molecule has 5 nitrogen and oxygen atoms in total. The fourth-order valence-corrected chi connectivity index (χ4v) is 4.10. The van der Waals surface area contributed by atoms with E-state index in [1.54, 1.807) is 14.2 Å². The van der Waals surface area contributed by atoms with Crippen LogP contribution < -0.4 is 14.8 Å². The van der Waals surface area contributed by atoms with E-state index >= 15 is 0 Å². The van der Waals surface area contributed by atoms with Gasteiger partial charge < -0.3 is 19.9 Å². The first-order chi connectivity index (χ1) is 11.2. The van der Waals surface area contributed by atoms with Gasteiger partial charge in [0, 0.05) is 32.2 Å². The van der Waals surface area contributed by atoms with Crippen LogP contribution in [-0.2, 0) is 0 Å². The Balaban J connectivity index is 1.97. The van der Waals surface area contributed by atoms with Gasteiger partial charge in [-0.25, -0.2) is 0 Å². The second kappa shape index (κ2) is 7.41. The van der Waals surface area contributed by atoms with Gasteiger partial charge in [-0.15, -0.1) is 0 Å². The van der Waals surface area contributed by atoms with Gasteiger partial charge in [0.05, 0.1) is 14.2 Å². The van der Waals surface area contributed by atoms with Gasteiger partial charge in [-0.2, -0.15) is 0 Å². The van der Waals surface area contributed by atoms with Crippen molar-refractivity contribution in [3.05, 3.63) is 17.7 Å². The van der Waals surface area contributed by atoms with Crippen molar-refractivity contribution in [1.29, 1.82) is 0 Å². The lowest BCUT2D eigenvalue weighted by Gasteiger charge is -2.39. The average Bonchev–Trinajstić information content (AvgIpc) is 3.11. The van der Waals surface area contributed by atoms with Gasteiger partial charge >= 0.3 is 0 Å². The average molecular weight is 320 g/mol. The summed E-state index contributed by atoms with van der Waals surface area (Å²) in [5, 5.41) is 13.6. The number of phenols is 1. The Labute approximate surface area is 138 Å². The van der Waals surface area contributed by atoms with Crippen molar-refractivity contribution in [3.63, 3.8) is 0 Å². The predicted octanol–water partition coefficient (Wildman–Crippen LogP) is 2.55. The fraction of sp³-hybridized carbons (Fsp3) is 0.667. The summed E-state index contributed by atoms with van der Waals surface area (Å²) in [6.07, 6.45) is 5.19. The highest BCUT2D eigenvalue weighted by molar-refractivity contribution is 5.53. The summed E-state index contributed by atoms with van der Waals surface area (Å²) in [5.41, 5.74) is 1.20. The molecule has 1 atom stereocenters. The molecule has 1 saturated carbocycles. The molecule has 2 N–H and O–H groups in total. The first-order valence-electron chi connectivity index (χ1n) is 8.64. The molecule has 1 saturated heterocycles. The number of methoxy groups -OCH3 is 2. The Hall–Kier alpha value is -1.46. The summed E-state index contributed by atoms with van der Waals surface area (Å²) in [5.74, 6) is 1.76. The van der Waals surface area contributed by atoms with Crippen LogP contribution in [0.5, 0.6) is 17.2 Å². The van der Waals surface area contributed by atoms with E-state index in [0.29, 0.717) is 23.5 Å². The number of nitrogens with one attached hydrogen (secondary N) is 1. The number of hydrogen-bond acceptors (Lipinski definition) is 5. The summed E-state index contributed by atoms with van der Waals surface area (Å²) in [6.45, 7) is 4.20. The third kappa shape index (κ3) is 3.40. The van der Waals surface area contributed by atoms with Crippen molar-refractivity contribution in [2.45, 2.75) is 31.7 Å². The summed E-state index contributed by atoms with van der Waals surface area (Å²) < 4.78 is 10.7. The molecule has 23 heavy (non-hydrogen) atoms. The molecular formula is C18H28N2O3. The minimum atomic E-state index is 0.0873. The number of piperazine rings is 1. The van der Waals surface area contributed by atoms with Crippen molar-refractivity contribution in [2.24, 2.45) is 5.92 Å². The molecule has 1 aromatic carbocycles. The Bertz CT molecular complexity index is 498. The summed E-state index contributed by atoms with van der Waals surface area (Å²) in [4.78, 5) is 2.58. The van der Waals surface area contributed by atoms with E-state index in [2.05, 4.69) is 10.2 Å². The minimum absolute atomic E-state index is 0.0873. The lowest BCUT2D eigenvalue weighted by atomic mass is 9.89. The third-order valence-corrected chi connectivity index (χ3v) is 5.23. The maximum absolute atomic E-state index is 10.2. The zero-order chi connectivity index (χ0) is 16.2. The minimum Gasteiger partial charge on any atom is -0.502 e. The quantitative estimate of drug-likeness (QED) is 0.873. The molecule has 0 spiro atoms. The van der Waals surface area contributed by atoms with Crippen LogP contribution in [0.25, 0.3) is 0 Å². The van der Waals surface area contributed by atoms with E-state index in [1.807, 2.05) is 12.1 Å². The van der Waals surface area contributed by atoms with Crippen molar-refractivity contribution < 1.29 is 14.6 Å². The van der Waals surface area contributed by atoms with Crippen molar-refractivity contribution >= 4 is 0 Å². The lowest BCUT2D eigenvalue weighted by Crippen LogP contribution is -2.46. The third-order valence-electron chi connectivity index (χ3n) is 5.23. The van der Waals surface area contributed by atoms with Crippen molar-refractivity contribution in [3.8, 4) is 17.2 Å². The van der Waals surface area contributed by atoms with E-state index in [0.717, 1.165) is 26.2 Å². The fourth-order valence-electron chi connectivity index (χ4n) is 4.10. The number of rotatable bonds is 5. The smallest absolute Gasteiger partial charge is 0.200 e. The highest BCUT2D eigenvalue weighted by Crippen LogP contribution is 2.45. The number of benzene rings is 1. The molecule has 2 fully saturated rings. The van der Waals surface area contributed by atoms with Crippen LogP contribution in [0.15, 0.2) is 12.1 Å². The zero-order valence-corrected chi connectivity index (χ0v) is 14.2. The molecular weight excluding hydrogens is 292 g/mol. The number of phenolic OH excluding ortho intramolecular Hbond substituents is 1. The number of aromatic hydroxyl groups is 1. The summed E-state index contributed by atoms with van der Waals surface area (Å²) in [6, 6.07) is 4.36. The van der Waals surface area contributed by atoms with Crippen molar-refractivity contribution in [1.82, 2.24) is 10.2 Å². The summed E-state index contributed by atoms with van der Waals surface area (Å²) >= 11 is 0. The standard InChI is InChI=1S/C18H28N2O3/c1-22-15-11-14(12-16(23-2)18(15)21)17(13-5-3-4-6-13)20-9-7-19-8-10-20/h11-13,17,19,21H,3-10H2,1-2H3/t17-/m1/s1. The molecule has 1 aliphatic carbocycles. The summed E-state index contributed by atoms with van der Waals surface area (Å²) in [7, 11) is 3.18. The van der Waals surface area contributed by atoms with Gasteiger partial charge in [-0.1, -0.05) is 12.8 Å². The molecule has 2 aliphatic rings. The molecule has 0 aromatic heterocycles. The monoisotopic (exact) mass is 320 g/mol. The molecule has 5 heteroatoms. The maximum atomic E-state index is 10.2. The second-order valence-corrected chi connectivity index (χ2v) is 6.55. The number of hydrogen-bond donors (Lipinski definition) is 2. The Morgan fingerprint density at radius 3 is 2.17 bits per heavy atom. The first kappa shape index (κ1) is 16.4. The van der Waals surface area contributed by atoms with Crippen LogP contribution in [0.1, 0.15) is 37.3 Å². The number of nitrogens with zero attached hydrogens (tertiary/aromatic N) is 1. The van der Waals surface area contributed by atoms with Gasteiger partial charge in [-0.3, -0.25) is 4.90 Å². The highest BCUT2D eigenvalue weighted by Gasteiger charge is 2.33. The van der Waals surface area contributed by atoms with Crippen molar-refractivity contribution in [2.75, 3.05) is 40.4 Å².